The van der Waals surface area contributed by atoms with Crippen LogP contribution in [0, 0.1) is 0 Å². The normalized spacial score (nSPS) is 14.5. The van der Waals surface area contributed by atoms with Crippen LogP contribution in [0.1, 0.15) is 0 Å². The number of nitrogens with one attached hydrogen (secondary N) is 1. The van der Waals surface area contributed by atoms with Gasteiger partial charge < -0.3 is 10.1 Å². The van der Waals surface area contributed by atoms with Crippen LogP contribution in [-0.4, -0.2) is 25.6 Å². The third kappa shape index (κ3) is 1.72. The molecule has 0 aliphatic carbocycles. The minimum Gasteiger partial charge on any atom is -0.482 e. The lowest BCUT2D eigenvalue weighted by molar-refractivity contribution is -0.121. The van der Waals surface area contributed by atoms with Gasteiger partial charge in [0.25, 0.3) is 5.91 Å². The lowest BCUT2D eigenvalue weighted by Crippen LogP contribution is -2.37. The Morgan fingerprint density at radius 1 is 1.60 bits per heavy atom. The van der Waals surface area contributed by atoms with Crippen molar-refractivity contribution >= 4 is 28.9 Å². The second kappa shape index (κ2) is 3.98. The molecular weight excluding hydrogens is 216 g/mol. The molecule has 0 radical (unpaired) electrons. The molecule has 1 aromatic carbocycles. The molecule has 1 N–H and O–H groups in total. The summed E-state index contributed by atoms with van der Waals surface area (Å²) in [4.78, 5) is 13.0. The molecule has 5 heteroatoms. The predicted molar refractivity (Wildman–Crippen MR) is 59.7 cm³/mol. The average Bonchev–Trinajstić information content (AvgIpc) is 2.28. The van der Waals surface area contributed by atoms with Gasteiger partial charge in [-0.3, -0.25) is 9.69 Å². The molecule has 1 aromatic rings. The number of halogens is 1. The number of nitrogens with zero attached hydrogens (tertiary/aromatic N) is 1. The van der Waals surface area contributed by atoms with E-state index in [-0.39, 0.29) is 18.5 Å². The number of ether oxygens (including phenoxy) is 1. The third-order valence-electron chi connectivity index (χ3n) is 2.31. The van der Waals surface area contributed by atoms with Crippen molar-refractivity contribution in [2.24, 2.45) is 0 Å². The van der Waals surface area contributed by atoms with Crippen LogP contribution in [0.5, 0.6) is 5.75 Å². The molecule has 0 fully saturated rings. The van der Waals surface area contributed by atoms with Crippen LogP contribution in [0.3, 0.4) is 0 Å². The monoisotopic (exact) mass is 226 g/mol. The summed E-state index contributed by atoms with van der Waals surface area (Å²) in [6.45, 7) is 0.0542. The molecule has 80 valence electrons. The molecule has 0 saturated heterocycles. The SMILES string of the molecule is CNc1ccc2c(c1)N(CCl)C(=O)CO2. The summed E-state index contributed by atoms with van der Waals surface area (Å²) < 4.78 is 5.29. The number of carbonyl (C=O) groups is 1. The standard InChI is InChI=1S/C10H11ClN2O2/c1-12-7-2-3-9-8(4-7)13(6-11)10(14)5-15-9/h2-4,12H,5-6H2,1H3. The lowest BCUT2D eigenvalue weighted by Gasteiger charge is -2.27. The van der Waals surface area contributed by atoms with Crippen molar-refractivity contribution in [1.29, 1.82) is 0 Å². The Morgan fingerprint density at radius 3 is 3.07 bits per heavy atom. The number of alkyl halides is 1. The minimum absolute atomic E-state index is 0.0542. The van der Waals surface area contributed by atoms with E-state index in [1.54, 1.807) is 0 Å². The molecule has 15 heavy (non-hydrogen) atoms. The maximum absolute atomic E-state index is 11.5. The van der Waals surface area contributed by atoms with Crippen molar-refractivity contribution < 1.29 is 9.53 Å². The molecule has 0 spiro atoms. The summed E-state index contributed by atoms with van der Waals surface area (Å²) in [5.41, 5.74) is 1.63. The first-order valence-corrected chi connectivity index (χ1v) is 5.10. The highest BCUT2D eigenvalue weighted by molar-refractivity contribution is 6.22. The zero-order valence-corrected chi connectivity index (χ0v) is 9.04. The second-order valence-electron chi connectivity index (χ2n) is 3.16. The Hall–Kier alpha value is -1.42. The van der Waals surface area contributed by atoms with E-state index < -0.39 is 0 Å². The molecule has 0 unspecified atom stereocenters. The molecule has 0 saturated carbocycles. The van der Waals surface area contributed by atoms with E-state index in [1.807, 2.05) is 25.2 Å². The average molecular weight is 227 g/mol. The number of hydrogen-bond donors (Lipinski definition) is 1. The third-order valence-corrected chi connectivity index (χ3v) is 2.55. The van der Waals surface area contributed by atoms with Crippen molar-refractivity contribution in [3.63, 3.8) is 0 Å². The zero-order chi connectivity index (χ0) is 10.8. The fourth-order valence-electron chi connectivity index (χ4n) is 1.49. The predicted octanol–water partition coefficient (Wildman–Crippen LogP) is 1.65. The van der Waals surface area contributed by atoms with Gasteiger partial charge >= 0.3 is 0 Å². The first kappa shape index (κ1) is 10.1. The van der Waals surface area contributed by atoms with Crippen LogP contribution >= 0.6 is 11.6 Å². The summed E-state index contributed by atoms with van der Waals surface area (Å²) >= 11 is 5.73. The van der Waals surface area contributed by atoms with Crippen LogP contribution in [0.25, 0.3) is 0 Å². The first-order chi connectivity index (χ1) is 7.26. The number of benzene rings is 1. The number of carbonyl (C=O) groups excluding carboxylic acids is 1. The highest BCUT2D eigenvalue weighted by Gasteiger charge is 2.24. The number of amides is 1. The summed E-state index contributed by atoms with van der Waals surface area (Å²) in [5, 5.41) is 3.00. The molecule has 4 nitrogen and oxygen atoms in total. The summed E-state index contributed by atoms with van der Waals surface area (Å²) in [6, 6.07) is 5.70. The molecule has 0 bridgehead atoms. The molecule has 0 aromatic heterocycles. The van der Waals surface area contributed by atoms with Crippen LogP contribution in [0.15, 0.2) is 18.2 Å². The molecular formula is C10H11ClN2O2. The van der Waals surface area contributed by atoms with Crippen molar-refractivity contribution in [3.05, 3.63) is 18.2 Å². The topological polar surface area (TPSA) is 41.6 Å². The molecule has 1 amide bonds. The van der Waals surface area contributed by atoms with Gasteiger partial charge in [-0.1, -0.05) is 0 Å². The highest BCUT2D eigenvalue weighted by atomic mass is 35.5. The fraction of sp³-hybridized carbons (Fsp3) is 0.300. The Kier molecular flexibility index (Phi) is 2.68. The van der Waals surface area contributed by atoms with Gasteiger partial charge in [0.1, 0.15) is 11.8 Å². The lowest BCUT2D eigenvalue weighted by atomic mass is 10.2. The van der Waals surface area contributed by atoms with E-state index in [0.29, 0.717) is 11.4 Å². The molecule has 1 heterocycles. The number of anilines is 2. The Balaban J connectivity index is 2.45. The molecule has 1 aliphatic heterocycles. The van der Waals surface area contributed by atoms with Crippen molar-refractivity contribution in [1.82, 2.24) is 0 Å². The summed E-state index contributed by atoms with van der Waals surface area (Å²) in [7, 11) is 1.82. The second-order valence-corrected chi connectivity index (χ2v) is 3.40. The summed E-state index contributed by atoms with van der Waals surface area (Å²) in [6.07, 6.45) is 0. The maximum atomic E-state index is 11.5. The van der Waals surface area contributed by atoms with Crippen LogP contribution < -0.4 is 15.0 Å². The minimum atomic E-state index is -0.120. The Bertz CT molecular complexity index is 395. The van der Waals surface area contributed by atoms with E-state index in [9.17, 15) is 4.79 Å². The summed E-state index contributed by atoms with van der Waals surface area (Å²) in [5.74, 6) is 0.569. The van der Waals surface area contributed by atoms with Gasteiger partial charge in [-0.05, 0) is 18.2 Å². The van der Waals surface area contributed by atoms with Crippen LogP contribution in [0.2, 0.25) is 0 Å². The quantitative estimate of drug-likeness (QED) is 0.616. The van der Waals surface area contributed by atoms with Gasteiger partial charge in [-0.25, -0.2) is 0 Å². The number of fused-ring (bicyclic) bond motifs is 1. The Morgan fingerprint density at radius 2 is 2.40 bits per heavy atom. The van der Waals surface area contributed by atoms with E-state index in [0.717, 1.165) is 5.69 Å². The van der Waals surface area contributed by atoms with Gasteiger partial charge in [-0.15, -0.1) is 11.6 Å². The Labute approximate surface area is 92.8 Å². The van der Waals surface area contributed by atoms with Crippen LogP contribution in [-0.2, 0) is 4.79 Å². The maximum Gasteiger partial charge on any atom is 0.266 e. The largest absolute Gasteiger partial charge is 0.482 e. The van der Waals surface area contributed by atoms with Gasteiger partial charge in [0.05, 0.1) is 5.69 Å². The zero-order valence-electron chi connectivity index (χ0n) is 8.29. The van der Waals surface area contributed by atoms with Crippen molar-refractivity contribution in [2.75, 3.05) is 29.9 Å². The highest BCUT2D eigenvalue weighted by Crippen LogP contribution is 2.34. The van der Waals surface area contributed by atoms with E-state index >= 15 is 0 Å². The molecule has 0 atom stereocenters. The van der Waals surface area contributed by atoms with Crippen LogP contribution in [0.4, 0.5) is 11.4 Å². The van der Waals surface area contributed by atoms with Gasteiger partial charge in [0.15, 0.2) is 6.61 Å². The van der Waals surface area contributed by atoms with E-state index in [4.69, 9.17) is 16.3 Å². The van der Waals surface area contributed by atoms with E-state index in [2.05, 4.69) is 5.32 Å². The van der Waals surface area contributed by atoms with Gasteiger partial charge in [0, 0.05) is 12.7 Å². The van der Waals surface area contributed by atoms with Crippen molar-refractivity contribution in [3.8, 4) is 5.75 Å². The van der Waals surface area contributed by atoms with E-state index in [1.165, 1.54) is 4.90 Å². The van der Waals surface area contributed by atoms with Crippen molar-refractivity contribution in [2.45, 2.75) is 0 Å². The van der Waals surface area contributed by atoms with Gasteiger partial charge in [-0.2, -0.15) is 0 Å². The molecule has 2 rings (SSSR count). The number of hydrogen-bond acceptors (Lipinski definition) is 3. The fourth-order valence-corrected chi connectivity index (χ4v) is 1.75. The smallest absolute Gasteiger partial charge is 0.266 e. The first-order valence-electron chi connectivity index (χ1n) is 4.57. The number of rotatable bonds is 2. The van der Waals surface area contributed by atoms with Gasteiger partial charge in [0.2, 0.25) is 0 Å². The molecule has 1 aliphatic rings.